The first-order valence-electron chi connectivity index (χ1n) is 13.2. The first-order chi connectivity index (χ1) is 19.1. The fourth-order valence-corrected chi connectivity index (χ4v) is 5.46. The van der Waals surface area contributed by atoms with Crippen LogP contribution >= 0.6 is 0 Å². The lowest BCUT2D eigenvalue weighted by molar-refractivity contribution is -0.154. The van der Waals surface area contributed by atoms with Crippen molar-refractivity contribution in [3.8, 4) is 11.1 Å². The van der Waals surface area contributed by atoms with Crippen molar-refractivity contribution in [3.05, 3.63) is 68.5 Å². The third-order valence-corrected chi connectivity index (χ3v) is 8.18. The Morgan fingerprint density at radius 1 is 1.02 bits per heavy atom. The first kappa shape index (κ1) is 30.0. The van der Waals surface area contributed by atoms with Gasteiger partial charge >= 0.3 is 17.8 Å². The number of nitrogens with one attached hydrogen (secondary N) is 1. The van der Waals surface area contributed by atoms with Crippen LogP contribution in [-0.2, 0) is 30.1 Å². The Hall–Kier alpha value is -3.93. The van der Waals surface area contributed by atoms with E-state index in [4.69, 9.17) is 0 Å². The normalized spacial score (nSPS) is 16.5. The van der Waals surface area contributed by atoms with E-state index in [-0.39, 0.29) is 32.4 Å². The lowest BCUT2D eigenvalue weighted by atomic mass is 9.79. The molecule has 41 heavy (non-hydrogen) atoms. The number of carboxylic acid groups (broad SMARTS) is 1. The maximum absolute atomic E-state index is 13.2. The molecule has 0 unspecified atom stereocenters. The monoisotopic (exact) mass is 574 g/mol. The third-order valence-electron chi connectivity index (χ3n) is 8.18. The number of rotatable bonds is 7. The number of benzene rings is 2. The van der Waals surface area contributed by atoms with Crippen LogP contribution in [0.2, 0.25) is 0 Å². The number of piperidine rings is 1. The molecule has 220 valence electrons. The molecule has 1 aliphatic rings. The molecule has 2 N–H and O–H groups in total. The summed E-state index contributed by atoms with van der Waals surface area (Å²) in [5.41, 5.74) is 0.161. The van der Waals surface area contributed by atoms with Crippen LogP contribution in [0.15, 0.2) is 46.0 Å². The Bertz CT molecular complexity index is 1620. The van der Waals surface area contributed by atoms with Crippen molar-refractivity contribution >= 4 is 22.6 Å². The quantitative estimate of drug-likeness (QED) is 0.449. The second-order valence-electron chi connectivity index (χ2n) is 11.0. The molecular formula is C29H33F3N4O5. The van der Waals surface area contributed by atoms with Gasteiger partial charge in [-0.2, -0.15) is 13.2 Å². The van der Waals surface area contributed by atoms with E-state index in [0.717, 1.165) is 4.57 Å². The molecule has 0 saturated carbocycles. The van der Waals surface area contributed by atoms with Crippen LogP contribution in [0.5, 0.6) is 0 Å². The predicted molar refractivity (Wildman–Crippen MR) is 148 cm³/mol. The molecule has 0 bridgehead atoms. The van der Waals surface area contributed by atoms with Crippen LogP contribution in [0.4, 0.5) is 13.2 Å². The smallest absolute Gasteiger partial charge is 0.401 e. The predicted octanol–water partition coefficient (Wildman–Crippen LogP) is 2.99. The molecule has 12 heteroatoms. The standard InChI is InChI=1S/C29H33F3N4O5/c1-17-23(24(37)35(4)27(41)34(17)3)21-10-6-8-19-18(7-5-9-20(19)21)15-22(25(38)39)33-26(40)28(2)11-13-36(14-12-28)16-29(30,31)32/h5-10,22H,11-16H2,1-4H3,(H,33,40)(H,38,39)/t22-/m0/s1. The molecule has 4 rings (SSSR count). The average Bonchev–Trinajstić information content (AvgIpc) is 2.91. The van der Waals surface area contributed by atoms with Gasteiger partial charge in [0.15, 0.2) is 0 Å². The van der Waals surface area contributed by atoms with Gasteiger partial charge in [0.1, 0.15) is 6.04 Å². The molecule has 1 aromatic heterocycles. The maximum atomic E-state index is 13.2. The molecule has 1 amide bonds. The van der Waals surface area contributed by atoms with E-state index in [1.54, 1.807) is 51.2 Å². The Morgan fingerprint density at radius 2 is 1.63 bits per heavy atom. The summed E-state index contributed by atoms with van der Waals surface area (Å²) in [7, 11) is 2.99. The van der Waals surface area contributed by atoms with Gasteiger partial charge in [0, 0.05) is 31.6 Å². The number of amides is 1. The number of fused-ring (bicyclic) bond motifs is 1. The summed E-state index contributed by atoms with van der Waals surface area (Å²) in [6.07, 6.45) is -4.03. The number of alkyl halides is 3. The molecule has 2 heterocycles. The highest BCUT2D eigenvalue weighted by Crippen LogP contribution is 2.34. The number of carboxylic acids is 1. The Labute approximate surface area is 234 Å². The maximum Gasteiger partial charge on any atom is 0.401 e. The number of hydrogen-bond acceptors (Lipinski definition) is 5. The highest BCUT2D eigenvalue weighted by molar-refractivity contribution is 5.99. The van der Waals surface area contributed by atoms with Gasteiger partial charge in [0.25, 0.3) is 5.56 Å². The SMILES string of the molecule is Cc1c(-c2cccc3c(C[C@H](NC(=O)C4(C)CCN(CC(F)(F)F)CC4)C(=O)O)cccc23)c(=O)n(C)c(=O)n1C. The number of nitrogens with zero attached hydrogens (tertiary/aromatic N) is 3. The van der Waals surface area contributed by atoms with E-state index >= 15 is 0 Å². The summed E-state index contributed by atoms with van der Waals surface area (Å²) in [4.78, 5) is 52.2. The number of hydrogen-bond donors (Lipinski definition) is 2. The molecule has 2 aromatic carbocycles. The first-order valence-corrected chi connectivity index (χ1v) is 13.2. The van der Waals surface area contributed by atoms with E-state index in [1.807, 2.05) is 6.07 Å². The van der Waals surface area contributed by atoms with Crippen molar-refractivity contribution in [2.24, 2.45) is 19.5 Å². The molecule has 1 saturated heterocycles. The van der Waals surface area contributed by atoms with Crippen LogP contribution in [-0.4, -0.2) is 62.9 Å². The van der Waals surface area contributed by atoms with E-state index in [2.05, 4.69) is 5.32 Å². The lowest BCUT2D eigenvalue weighted by Crippen LogP contribution is -2.53. The molecule has 0 radical (unpaired) electrons. The molecule has 1 atom stereocenters. The van der Waals surface area contributed by atoms with Crippen LogP contribution < -0.4 is 16.6 Å². The molecule has 3 aromatic rings. The van der Waals surface area contributed by atoms with Crippen molar-refractivity contribution in [2.45, 2.75) is 45.3 Å². The molecule has 0 aliphatic carbocycles. The lowest BCUT2D eigenvalue weighted by Gasteiger charge is -2.38. The zero-order chi connectivity index (χ0) is 30.3. The van der Waals surface area contributed by atoms with E-state index in [9.17, 15) is 37.5 Å². The van der Waals surface area contributed by atoms with Gasteiger partial charge in [-0.25, -0.2) is 9.59 Å². The number of halogens is 3. The van der Waals surface area contributed by atoms with Gasteiger partial charge in [-0.15, -0.1) is 0 Å². The van der Waals surface area contributed by atoms with Crippen molar-refractivity contribution in [1.29, 1.82) is 0 Å². The summed E-state index contributed by atoms with van der Waals surface area (Å²) in [6.45, 7) is 2.45. The van der Waals surface area contributed by atoms with Crippen molar-refractivity contribution in [1.82, 2.24) is 19.4 Å². The zero-order valence-corrected chi connectivity index (χ0v) is 23.3. The minimum Gasteiger partial charge on any atom is -0.480 e. The average molecular weight is 575 g/mol. The zero-order valence-electron chi connectivity index (χ0n) is 23.3. The van der Waals surface area contributed by atoms with Crippen LogP contribution in [0.25, 0.3) is 21.9 Å². The fraction of sp³-hybridized carbons (Fsp3) is 0.448. The van der Waals surface area contributed by atoms with Gasteiger partial charge in [-0.05, 0) is 54.8 Å². The number of likely N-dealkylation sites (tertiary alicyclic amines) is 1. The number of aromatic nitrogens is 2. The summed E-state index contributed by atoms with van der Waals surface area (Å²) >= 11 is 0. The van der Waals surface area contributed by atoms with Crippen LogP contribution in [0.3, 0.4) is 0 Å². The molecule has 1 fully saturated rings. The summed E-state index contributed by atoms with van der Waals surface area (Å²) in [6, 6.07) is 9.32. The Morgan fingerprint density at radius 3 is 2.24 bits per heavy atom. The van der Waals surface area contributed by atoms with Gasteiger partial charge in [0.2, 0.25) is 5.91 Å². The largest absolute Gasteiger partial charge is 0.480 e. The van der Waals surface area contributed by atoms with Crippen LogP contribution in [0, 0.1) is 12.3 Å². The third kappa shape index (κ3) is 6.07. The van der Waals surface area contributed by atoms with Gasteiger partial charge in [-0.3, -0.25) is 19.1 Å². The number of carbonyl (C=O) groups is 2. The molecular weight excluding hydrogens is 541 g/mol. The number of aliphatic carboxylic acids is 1. The summed E-state index contributed by atoms with van der Waals surface area (Å²) in [5.74, 6) is -1.76. The molecule has 1 aliphatic heterocycles. The number of carbonyl (C=O) groups excluding carboxylic acids is 1. The van der Waals surface area contributed by atoms with Crippen LogP contribution in [0.1, 0.15) is 31.0 Å². The van der Waals surface area contributed by atoms with Gasteiger partial charge in [-0.1, -0.05) is 43.3 Å². The van der Waals surface area contributed by atoms with E-state index < -0.39 is 47.3 Å². The van der Waals surface area contributed by atoms with Gasteiger partial charge in [0.05, 0.1) is 12.1 Å². The van der Waals surface area contributed by atoms with E-state index in [1.165, 1.54) is 16.5 Å². The molecule has 0 spiro atoms. The minimum absolute atomic E-state index is 0.0532. The molecule has 9 nitrogen and oxygen atoms in total. The summed E-state index contributed by atoms with van der Waals surface area (Å²) in [5, 5.41) is 14.0. The highest BCUT2D eigenvalue weighted by atomic mass is 19.4. The summed E-state index contributed by atoms with van der Waals surface area (Å²) < 4.78 is 40.7. The second kappa shape index (κ2) is 11.2. The van der Waals surface area contributed by atoms with Gasteiger partial charge < -0.3 is 15.0 Å². The van der Waals surface area contributed by atoms with E-state index in [0.29, 0.717) is 33.2 Å². The van der Waals surface area contributed by atoms with Crippen molar-refractivity contribution in [2.75, 3.05) is 19.6 Å². The topological polar surface area (TPSA) is 114 Å². The fourth-order valence-electron chi connectivity index (χ4n) is 5.46. The Balaban J connectivity index is 1.62. The second-order valence-corrected chi connectivity index (χ2v) is 11.0. The van der Waals surface area contributed by atoms with Crippen molar-refractivity contribution < 1.29 is 27.9 Å². The Kier molecular flexibility index (Phi) is 8.17. The minimum atomic E-state index is -4.33. The highest BCUT2D eigenvalue weighted by Gasteiger charge is 2.41. The van der Waals surface area contributed by atoms with Crippen molar-refractivity contribution in [3.63, 3.8) is 0 Å².